The molecule has 5 rings (SSSR count). The summed E-state index contributed by atoms with van der Waals surface area (Å²) in [4.78, 5) is 12.3. The van der Waals surface area contributed by atoms with Gasteiger partial charge in [-0.1, -0.05) is 0 Å². The van der Waals surface area contributed by atoms with Crippen LogP contribution >= 0.6 is 0 Å². The maximum Gasteiger partial charge on any atom is 0.266 e. The maximum atomic E-state index is 12.4. The third-order valence-corrected chi connectivity index (χ3v) is 10.0. The van der Waals surface area contributed by atoms with Gasteiger partial charge in [-0.2, -0.15) is 16.8 Å². The molecule has 16 nitrogen and oxygen atoms in total. The van der Waals surface area contributed by atoms with Gasteiger partial charge in [0.05, 0.1) is 52.0 Å². The van der Waals surface area contributed by atoms with Crippen LogP contribution in [0.1, 0.15) is 6.42 Å². The van der Waals surface area contributed by atoms with E-state index in [0.29, 0.717) is 28.7 Å². The van der Waals surface area contributed by atoms with E-state index in [0.717, 1.165) is 0 Å². The Hall–Kier alpha value is -5.04. The summed E-state index contributed by atoms with van der Waals surface area (Å²) < 4.78 is 90.9. The van der Waals surface area contributed by atoms with Crippen molar-refractivity contribution >= 4 is 31.9 Å². The lowest BCUT2D eigenvalue weighted by molar-refractivity contribution is 0.333. The van der Waals surface area contributed by atoms with Gasteiger partial charge in [-0.25, -0.2) is 9.97 Å². The first-order chi connectivity index (χ1) is 24.2. The lowest BCUT2D eigenvalue weighted by atomic mass is 10.1. The maximum absolute atomic E-state index is 12.4. The predicted molar refractivity (Wildman–Crippen MR) is 189 cm³/mol. The van der Waals surface area contributed by atoms with Crippen LogP contribution in [0.15, 0.2) is 60.9 Å². The van der Waals surface area contributed by atoms with E-state index in [1.54, 1.807) is 46.2 Å². The minimum Gasteiger partial charge on any atom is -0.504 e. The molecule has 3 heterocycles. The summed E-state index contributed by atoms with van der Waals surface area (Å²) in [6.45, 7) is 0.399. The Kier molecular flexibility index (Phi) is 11.0. The molecule has 0 saturated carbocycles. The van der Waals surface area contributed by atoms with E-state index >= 15 is 0 Å². The van der Waals surface area contributed by atoms with Crippen LogP contribution in [0, 0.1) is 0 Å². The summed E-state index contributed by atoms with van der Waals surface area (Å²) in [5.41, 5.74) is 2.23. The van der Waals surface area contributed by atoms with Crippen LogP contribution in [0.4, 0.5) is 11.6 Å². The molecule has 1 fully saturated rings. The predicted octanol–water partition coefficient (Wildman–Crippen LogP) is 3.49. The number of rotatable bonds is 12. The second kappa shape index (κ2) is 15.1. The zero-order valence-electron chi connectivity index (χ0n) is 28.1. The molecule has 18 heteroatoms. The van der Waals surface area contributed by atoms with Crippen molar-refractivity contribution in [2.24, 2.45) is 0 Å². The molecule has 2 aromatic heterocycles. The number of hydrogen-bond acceptors (Lipinski definition) is 14. The van der Waals surface area contributed by atoms with Crippen molar-refractivity contribution < 1.29 is 55.1 Å². The number of anilines is 2. The summed E-state index contributed by atoms with van der Waals surface area (Å²) >= 11 is 0. The van der Waals surface area contributed by atoms with Crippen LogP contribution < -0.4 is 28.7 Å². The molecule has 4 N–H and O–H groups in total. The van der Waals surface area contributed by atoms with E-state index in [-0.39, 0.29) is 59.2 Å². The molecule has 1 saturated heterocycles. The second-order valence-corrected chi connectivity index (χ2v) is 14.6. The molecule has 0 radical (unpaired) electrons. The zero-order chi connectivity index (χ0) is 37.1. The fraction of sp³-hybridized carbons (Fsp3) is 0.333. The van der Waals surface area contributed by atoms with Crippen molar-refractivity contribution in [2.45, 2.75) is 18.5 Å². The molecular formula is C33H38N4O12S2. The van der Waals surface area contributed by atoms with E-state index in [1.807, 2.05) is 0 Å². The van der Waals surface area contributed by atoms with Crippen LogP contribution in [0.25, 0.3) is 22.3 Å². The molecule has 1 aliphatic heterocycles. The average molecular weight is 747 g/mol. The van der Waals surface area contributed by atoms with Crippen molar-refractivity contribution in [3.05, 3.63) is 60.9 Å². The van der Waals surface area contributed by atoms with E-state index < -0.39 is 43.8 Å². The van der Waals surface area contributed by atoms with Gasteiger partial charge in [-0.15, -0.1) is 0 Å². The monoisotopic (exact) mass is 746 g/mol. The summed E-state index contributed by atoms with van der Waals surface area (Å²) in [6.07, 6.45) is 3.37. The molecule has 0 amide bonds. The van der Waals surface area contributed by atoms with Gasteiger partial charge in [-0.05, 0) is 66.1 Å². The number of nitrogens with zero attached hydrogens (tertiary/aromatic N) is 4. The second-order valence-electron chi connectivity index (χ2n) is 11.6. The first-order valence-corrected chi connectivity index (χ1v) is 18.6. The van der Waals surface area contributed by atoms with Gasteiger partial charge in [0.2, 0.25) is 11.5 Å². The minimum atomic E-state index is -4.70. The smallest absolute Gasteiger partial charge is 0.266 e. The summed E-state index contributed by atoms with van der Waals surface area (Å²) in [6, 6.07) is 10.4. The van der Waals surface area contributed by atoms with Crippen molar-refractivity contribution in [1.82, 2.24) is 9.97 Å². The highest BCUT2D eigenvalue weighted by atomic mass is 32.2. The van der Waals surface area contributed by atoms with Gasteiger partial charge in [0.25, 0.3) is 20.2 Å². The number of ether oxygens (including phenoxy) is 4. The van der Waals surface area contributed by atoms with Crippen LogP contribution in [-0.2, 0) is 20.2 Å². The fourth-order valence-corrected chi connectivity index (χ4v) is 7.90. The Labute approximate surface area is 295 Å². The Morgan fingerprint density at radius 3 is 1.31 bits per heavy atom. The molecule has 0 bridgehead atoms. The third-order valence-electron chi connectivity index (χ3n) is 8.48. The quantitative estimate of drug-likeness (QED) is 0.153. The molecule has 51 heavy (non-hydrogen) atoms. The largest absolute Gasteiger partial charge is 0.504 e. The van der Waals surface area contributed by atoms with Gasteiger partial charge in [0.1, 0.15) is 11.6 Å². The lowest BCUT2D eigenvalue weighted by Gasteiger charge is -2.39. The van der Waals surface area contributed by atoms with Crippen molar-refractivity contribution in [3.8, 4) is 56.8 Å². The molecule has 4 aromatic rings. The SMILES string of the molecule is COc1cc(-c2ccc(N3CCCN(c4ccc(-c5cc(O)c(OC)c(OC)c5)cn4)C(CS(=O)(=O)O)C3CS(=O)(=O)O)nc2)cc(O)c1OC. The van der Waals surface area contributed by atoms with Crippen molar-refractivity contribution in [3.63, 3.8) is 0 Å². The van der Waals surface area contributed by atoms with Gasteiger partial charge in [0.15, 0.2) is 23.0 Å². The molecule has 2 aromatic carbocycles. The molecule has 0 spiro atoms. The van der Waals surface area contributed by atoms with E-state index in [2.05, 4.69) is 9.97 Å². The standard InChI is InChI=1S/C33H38N4O12S2/c1-46-28-14-22(12-26(38)32(28)48-3)20-6-8-30(34-16-20)36-10-5-11-37(25(19-51(43,44)45)24(36)18-50(40,41)42)31-9-7-21(17-35-31)23-13-27(39)33(49-4)29(15-23)47-2/h6-9,12-17,24-25,38-39H,5,10-11,18-19H2,1-4H3,(H,40,41,42)(H,43,44,45). The van der Waals surface area contributed by atoms with Crippen molar-refractivity contribution in [2.75, 3.05) is 62.8 Å². The van der Waals surface area contributed by atoms with Gasteiger partial charge >= 0.3 is 0 Å². The number of aromatic hydroxyl groups is 2. The number of pyridine rings is 2. The van der Waals surface area contributed by atoms with E-state index in [4.69, 9.17) is 18.9 Å². The number of methoxy groups -OCH3 is 4. The van der Waals surface area contributed by atoms with Crippen LogP contribution in [0.3, 0.4) is 0 Å². The number of phenols is 2. The van der Waals surface area contributed by atoms with E-state index in [9.17, 15) is 36.2 Å². The lowest BCUT2D eigenvalue weighted by Crippen LogP contribution is -2.56. The fourth-order valence-electron chi connectivity index (χ4n) is 6.24. The number of phenolic OH excluding ortho intramolecular Hbond substituents is 2. The number of aromatic nitrogens is 2. The summed E-state index contributed by atoms with van der Waals surface area (Å²) in [7, 11) is -3.75. The van der Waals surface area contributed by atoms with Crippen LogP contribution in [-0.4, -0.2) is 111 Å². The molecule has 1 aliphatic rings. The summed E-state index contributed by atoms with van der Waals surface area (Å²) in [5.74, 6) is -0.667. The highest BCUT2D eigenvalue weighted by molar-refractivity contribution is 7.86. The molecule has 274 valence electrons. The van der Waals surface area contributed by atoms with Gasteiger partial charge in [0, 0.05) is 36.6 Å². The molecular weight excluding hydrogens is 709 g/mol. The molecule has 2 unspecified atom stereocenters. The Morgan fingerprint density at radius 1 is 0.627 bits per heavy atom. The Morgan fingerprint density at radius 2 is 1.02 bits per heavy atom. The minimum absolute atomic E-state index is 0.155. The third kappa shape index (κ3) is 8.47. The van der Waals surface area contributed by atoms with Crippen LogP contribution in [0.2, 0.25) is 0 Å². The Bertz CT molecular complexity index is 1930. The highest BCUT2D eigenvalue weighted by Crippen LogP contribution is 2.42. The number of hydrogen-bond donors (Lipinski definition) is 4. The zero-order valence-corrected chi connectivity index (χ0v) is 29.8. The van der Waals surface area contributed by atoms with Crippen LogP contribution in [0.5, 0.6) is 34.5 Å². The summed E-state index contributed by atoms with van der Waals surface area (Å²) in [5, 5.41) is 20.9. The van der Waals surface area contributed by atoms with Gasteiger partial charge in [-0.3, -0.25) is 9.11 Å². The normalized spacial score (nSPS) is 16.7. The Balaban J connectivity index is 1.53. The first-order valence-electron chi connectivity index (χ1n) is 15.4. The highest BCUT2D eigenvalue weighted by Gasteiger charge is 2.41. The molecule has 0 aliphatic carbocycles. The first kappa shape index (κ1) is 37.2. The van der Waals surface area contributed by atoms with Gasteiger partial charge < -0.3 is 39.0 Å². The van der Waals surface area contributed by atoms with E-state index in [1.165, 1.54) is 53.0 Å². The molecule has 2 atom stereocenters. The topological polar surface area (TPSA) is 218 Å². The average Bonchev–Trinajstić information content (AvgIpc) is 3.24. The number of benzene rings is 2. The van der Waals surface area contributed by atoms with Crippen molar-refractivity contribution in [1.29, 1.82) is 0 Å².